The lowest BCUT2D eigenvalue weighted by Gasteiger charge is -2.25. The van der Waals surface area contributed by atoms with Crippen LogP contribution in [0.5, 0.6) is 0 Å². The summed E-state index contributed by atoms with van der Waals surface area (Å²) in [7, 11) is 0. The molecule has 0 bridgehead atoms. The molecule has 0 aromatic heterocycles. The van der Waals surface area contributed by atoms with E-state index in [4.69, 9.17) is 5.73 Å². The topological polar surface area (TPSA) is 58.4 Å². The number of benzene rings is 1. The highest BCUT2D eigenvalue weighted by Crippen LogP contribution is 2.11. The van der Waals surface area contributed by atoms with Crippen LogP contribution in [0, 0.1) is 0 Å². The minimum Gasteiger partial charge on any atom is -0.399 e. The van der Waals surface area contributed by atoms with Gasteiger partial charge in [0, 0.05) is 30.4 Å². The number of nitrogen functional groups attached to an aromatic ring is 1. The van der Waals surface area contributed by atoms with Crippen molar-refractivity contribution >= 4 is 17.3 Å². The van der Waals surface area contributed by atoms with E-state index in [9.17, 15) is 4.79 Å². The molecule has 106 valence electrons. The molecular weight excluding hydrogens is 238 g/mol. The molecule has 19 heavy (non-hydrogen) atoms. The van der Waals surface area contributed by atoms with Crippen LogP contribution >= 0.6 is 0 Å². The lowest BCUT2D eigenvalue weighted by atomic mass is 10.2. The monoisotopic (exact) mass is 263 g/mol. The van der Waals surface area contributed by atoms with Gasteiger partial charge in [-0.15, -0.1) is 0 Å². The van der Waals surface area contributed by atoms with E-state index in [0.29, 0.717) is 18.2 Å². The molecule has 4 heteroatoms. The van der Waals surface area contributed by atoms with Crippen LogP contribution in [0.15, 0.2) is 24.3 Å². The highest BCUT2D eigenvalue weighted by molar-refractivity contribution is 5.90. The Balaban J connectivity index is 2.40. The van der Waals surface area contributed by atoms with Gasteiger partial charge in [0.15, 0.2) is 0 Å². The summed E-state index contributed by atoms with van der Waals surface area (Å²) in [5.74, 6) is 0.0477. The van der Waals surface area contributed by atoms with Crippen LogP contribution in [0.3, 0.4) is 0 Å². The van der Waals surface area contributed by atoms with Gasteiger partial charge < -0.3 is 16.0 Å². The zero-order valence-corrected chi connectivity index (χ0v) is 12.1. The zero-order chi connectivity index (χ0) is 14.3. The molecule has 1 aromatic carbocycles. The quantitative estimate of drug-likeness (QED) is 0.744. The standard InChI is InChI=1S/C15H25N3O/c1-4-10-18(12(2)3)11-9-15(19)17-14-7-5-13(16)6-8-14/h5-8,12H,4,9-11,16H2,1-3H3,(H,17,19). The molecule has 0 saturated heterocycles. The number of hydrogen-bond donors (Lipinski definition) is 2. The first-order chi connectivity index (χ1) is 9.02. The first kappa shape index (κ1) is 15.5. The summed E-state index contributed by atoms with van der Waals surface area (Å²) in [5, 5.41) is 2.88. The third-order valence-electron chi connectivity index (χ3n) is 3.06. The van der Waals surface area contributed by atoms with Crippen LogP contribution in [0.2, 0.25) is 0 Å². The average Bonchev–Trinajstić information content (AvgIpc) is 2.37. The molecule has 0 unspecified atom stereocenters. The number of hydrogen-bond acceptors (Lipinski definition) is 3. The number of carbonyl (C=O) groups is 1. The smallest absolute Gasteiger partial charge is 0.225 e. The van der Waals surface area contributed by atoms with E-state index in [-0.39, 0.29) is 5.91 Å². The second kappa shape index (κ2) is 7.79. The van der Waals surface area contributed by atoms with E-state index in [1.165, 1.54) is 0 Å². The Morgan fingerprint density at radius 3 is 2.42 bits per heavy atom. The Kier molecular flexibility index (Phi) is 6.36. The van der Waals surface area contributed by atoms with Gasteiger partial charge in [0.2, 0.25) is 5.91 Å². The fourth-order valence-electron chi connectivity index (χ4n) is 1.95. The van der Waals surface area contributed by atoms with E-state index in [1.807, 2.05) is 12.1 Å². The summed E-state index contributed by atoms with van der Waals surface area (Å²) in [6, 6.07) is 7.68. The first-order valence-corrected chi connectivity index (χ1v) is 6.92. The predicted octanol–water partition coefficient (Wildman–Crippen LogP) is 2.72. The van der Waals surface area contributed by atoms with Gasteiger partial charge in [0.05, 0.1) is 0 Å². The minimum atomic E-state index is 0.0477. The summed E-state index contributed by atoms with van der Waals surface area (Å²) in [6.07, 6.45) is 1.63. The first-order valence-electron chi connectivity index (χ1n) is 6.92. The van der Waals surface area contributed by atoms with Crippen LogP contribution in [-0.2, 0) is 4.79 Å². The summed E-state index contributed by atoms with van der Waals surface area (Å²) in [6.45, 7) is 8.31. The highest BCUT2D eigenvalue weighted by Gasteiger charge is 2.10. The molecule has 1 rings (SSSR count). The maximum Gasteiger partial charge on any atom is 0.225 e. The summed E-state index contributed by atoms with van der Waals surface area (Å²) in [5.41, 5.74) is 7.10. The van der Waals surface area contributed by atoms with Crippen molar-refractivity contribution in [1.82, 2.24) is 4.90 Å². The maximum atomic E-state index is 11.9. The van der Waals surface area contributed by atoms with Crippen LogP contribution in [-0.4, -0.2) is 29.9 Å². The maximum absolute atomic E-state index is 11.9. The third-order valence-corrected chi connectivity index (χ3v) is 3.06. The van der Waals surface area contributed by atoms with Gasteiger partial charge in [-0.05, 0) is 51.1 Å². The van der Waals surface area contributed by atoms with Crippen LogP contribution in [0.1, 0.15) is 33.6 Å². The van der Waals surface area contributed by atoms with Crippen molar-refractivity contribution < 1.29 is 4.79 Å². The fourth-order valence-corrected chi connectivity index (χ4v) is 1.95. The second-order valence-electron chi connectivity index (χ2n) is 5.05. The molecule has 0 aliphatic rings. The van der Waals surface area contributed by atoms with Gasteiger partial charge >= 0.3 is 0 Å². The summed E-state index contributed by atoms with van der Waals surface area (Å²) in [4.78, 5) is 14.2. The number of amides is 1. The Bertz CT molecular complexity index is 387. The second-order valence-corrected chi connectivity index (χ2v) is 5.05. The molecule has 4 nitrogen and oxygen atoms in total. The van der Waals surface area contributed by atoms with Crippen molar-refractivity contribution in [2.45, 2.75) is 39.7 Å². The Labute approximate surface area is 116 Å². The van der Waals surface area contributed by atoms with Gasteiger partial charge in [-0.3, -0.25) is 4.79 Å². The third kappa shape index (κ3) is 5.75. The predicted molar refractivity (Wildman–Crippen MR) is 81.1 cm³/mol. The van der Waals surface area contributed by atoms with E-state index in [2.05, 4.69) is 31.0 Å². The van der Waals surface area contributed by atoms with Gasteiger partial charge in [-0.1, -0.05) is 6.92 Å². The molecular formula is C15H25N3O. The molecule has 0 spiro atoms. The lowest BCUT2D eigenvalue weighted by molar-refractivity contribution is -0.116. The van der Waals surface area contributed by atoms with Gasteiger partial charge in [0.1, 0.15) is 0 Å². The zero-order valence-electron chi connectivity index (χ0n) is 12.1. The Morgan fingerprint density at radius 2 is 1.89 bits per heavy atom. The molecule has 0 aliphatic carbocycles. The number of nitrogens with zero attached hydrogens (tertiary/aromatic N) is 1. The normalized spacial score (nSPS) is 11.0. The average molecular weight is 263 g/mol. The Hall–Kier alpha value is -1.55. The fraction of sp³-hybridized carbons (Fsp3) is 0.533. The van der Waals surface area contributed by atoms with Crippen molar-refractivity contribution in [3.63, 3.8) is 0 Å². The number of nitrogens with one attached hydrogen (secondary N) is 1. The number of rotatable bonds is 7. The minimum absolute atomic E-state index is 0.0477. The van der Waals surface area contributed by atoms with E-state index < -0.39 is 0 Å². The van der Waals surface area contributed by atoms with Crippen molar-refractivity contribution in [2.75, 3.05) is 24.1 Å². The van der Waals surface area contributed by atoms with Gasteiger partial charge in [-0.2, -0.15) is 0 Å². The molecule has 3 N–H and O–H groups in total. The van der Waals surface area contributed by atoms with Crippen molar-refractivity contribution in [1.29, 1.82) is 0 Å². The van der Waals surface area contributed by atoms with E-state index in [0.717, 1.165) is 25.2 Å². The Morgan fingerprint density at radius 1 is 1.26 bits per heavy atom. The van der Waals surface area contributed by atoms with Gasteiger partial charge in [0.25, 0.3) is 0 Å². The largest absolute Gasteiger partial charge is 0.399 e. The van der Waals surface area contributed by atoms with Crippen molar-refractivity contribution in [3.05, 3.63) is 24.3 Å². The van der Waals surface area contributed by atoms with E-state index >= 15 is 0 Å². The number of nitrogens with two attached hydrogens (primary N) is 1. The van der Waals surface area contributed by atoms with E-state index in [1.54, 1.807) is 12.1 Å². The number of carbonyl (C=O) groups excluding carboxylic acids is 1. The summed E-state index contributed by atoms with van der Waals surface area (Å²) >= 11 is 0. The molecule has 0 fully saturated rings. The molecule has 0 heterocycles. The SMILES string of the molecule is CCCN(CCC(=O)Nc1ccc(N)cc1)C(C)C. The van der Waals surface area contributed by atoms with Crippen LogP contribution < -0.4 is 11.1 Å². The van der Waals surface area contributed by atoms with Crippen LogP contribution in [0.4, 0.5) is 11.4 Å². The molecule has 0 atom stereocenters. The van der Waals surface area contributed by atoms with Crippen molar-refractivity contribution in [3.8, 4) is 0 Å². The highest BCUT2D eigenvalue weighted by atomic mass is 16.1. The van der Waals surface area contributed by atoms with Gasteiger partial charge in [-0.25, -0.2) is 0 Å². The molecule has 0 saturated carbocycles. The summed E-state index contributed by atoms with van der Waals surface area (Å²) < 4.78 is 0. The molecule has 0 aliphatic heterocycles. The van der Waals surface area contributed by atoms with Crippen LogP contribution in [0.25, 0.3) is 0 Å². The molecule has 1 amide bonds. The molecule has 0 radical (unpaired) electrons. The number of anilines is 2. The molecule has 1 aromatic rings. The lowest BCUT2D eigenvalue weighted by Crippen LogP contribution is -2.34. The van der Waals surface area contributed by atoms with Crippen molar-refractivity contribution in [2.24, 2.45) is 0 Å².